The molecule has 0 saturated carbocycles. The van der Waals surface area contributed by atoms with Gasteiger partial charge in [0.2, 0.25) is 5.78 Å². The number of ether oxygens (including phenoxy) is 2. The number of hydrogen-bond acceptors (Lipinski definition) is 7. The summed E-state index contributed by atoms with van der Waals surface area (Å²) in [7, 11) is 1.58. The van der Waals surface area contributed by atoms with Gasteiger partial charge in [-0.1, -0.05) is 30.3 Å². The quantitative estimate of drug-likeness (QED) is 0.356. The van der Waals surface area contributed by atoms with Crippen LogP contribution in [0.4, 0.5) is 0 Å². The van der Waals surface area contributed by atoms with Crippen molar-refractivity contribution in [2.24, 2.45) is 5.73 Å². The Balaban J connectivity index is 1.47. The number of nitrogens with two attached hydrogens (primary N) is 1. The number of rotatable bonds is 8. The topological polar surface area (TPSA) is 138 Å². The molecule has 2 aromatic heterocycles. The minimum atomic E-state index is -1.14. The molecule has 4 aromatic rings. The van der Waals surface area contributed by atoms with Crippen molar-refractivity contribution in [1.82, 2.24) is 20.1 Å². The van der Waals surface area contributed by atoms with Gasteiger partial charge in [-0.2, -0.15) is 5.10 Å². The second-order valence-corrected chi connectivity index (χ2v) is 8.42. The molecule has 1 aliphatic rings. The third-order valence-corrected chi connectivity index (χ3v) is 6.01. The number of carbonyl (C=O) groups is 3. The van der Waals surface area contributed by atoms with Crippen molar-refractivity contribution >= 4 is 17.6 Å². The zero-order valence-corrected chi connectivity index (χ0v) is 19.9. The lowest BCUT2D eigenvalue weighted by atomic mass is 10.0. The van der Waals surface area contributed by atoms with Crippen LogP contribution in [0.2, 0.25) is 0 Å². The van der Waals surface area contributed by atoms with E-state index in [1.165, 1.54) is 10.9 Å². The molecule has 2 aromatic carbocycles. The molecule has 186 valence electrons. The molecule has 2 amide bonds. The van der Waals surface area contributed by atoms with Gasteiger partial charge in [0.05, 0.1) is 12.7 Å². The molecule has 5 rings (SSSR count). The Labute approximate surface area is 212 Å². The monoisotopic (exact) mass is 497 g/mol. The van der Waals surface area contributed by atoms with Crippen LogP contribution in [0.5, 0.6) is 11.5 Å². The minimum absolute atomic E-state index is 0.107. The summed E-state index contributed by atoms with van der Waals surface area (Å²) in [5, 5.41) is 7.34. The molecule has 0 saturated heterocycles. The van der Waals surface area contributed by atoms with Crippen molar-refractivity contribution in [3.8, 4) is 28.6 Å². The number of nitrogens with one attached hydrogen (secondary N) is 1. The van der Waals surface area contributed by atoms with Crippen LogP contribution in [-0.2, 0) is 22.6 Å². The molecule has 3 N–H and O–H groups in total. The van der Waals surface area contributed by atoms with Crippen LogP contribution >= 0.6 is 0 Å². The fourth-order valence-corrected chi connectivity index (χ4v) is 4.18. The van der Waals surface area contributed by atoms with E-state index < -0.39 is 23.6 Å². The number of aromatic nitrogens is 3. The Bertz CT molecular complexity index is 1500. The lowest BCUT2D eigenvalue weighted by Crippen LogP contribution is -2.47. The van der Waals surface area contributed by atoms with E-state index in [0.29, 0.717) is 23.8 Å². The molecular formula is C27H23N5O5. The molecule has 1 aliphatic heterocycles. The van der Waals surface area contributed by atoms with E-state index in [9.17, 15) is 14.4 Å². The molecule has 10 nitrogen and oxygen atoms in total. The molecule has 0 spiro atoms. The largest absolute Gasteiger partial charge is 0.497 e. The van der Waals surface area contributed by atoms with E-state index in [4.69, 9.17) is 15.2 Å². The van der Waals surface area contributed by atoms with Crippen molar-refractivity contribution in [2.75, 3.05) is 7.11 Å². The average molecular weight is 498 g/mol. The smallest absolute Gasteiger partial charge is 0.287 e. The first kappa shape index (κ1) is 23.7. The van der Waals surface area contributed by atoms with E-state index >= 15 is 0 Å². The predicted octanol–water partition coefficient (Wildman–Crippen LogP) is 2.23. The number of methoxy groups -OCH3 is 1. The van der Waals surface area contributed by atoms with Gasteiger partial charge in [-0.05, 0) is 35.9 Å². The van der Waals surface area contributed by atoms with Crippen molar-refractivity contribution in [1.29, 1.82) is 0 Å². The van der Waals surface area contributed by atoms with Gasteiger partial charge in [-0.3, -0.25) is 14.4 Å². The SMILES string of the molecule is COc1ccc2c(c1)-c1nn(-c3ncccc3C(=O)NC(Cc3ccccc3)C(=O)C(N)=O)cc1CO2. The highest BCUT2D eigenvalue weighted by molar-refractivity contribution is 6.38. The van der Waals surface area contributed by atoms with Crippen LogP contribution in [0.15, 0.2) is 73.1 Å². The number of fused-ring (bicyclic) bond motifs is 3. The Morgan fingerprint density at radius 3 is 2.70 bits per heavy atom. The highest BCUT2D eigenvalue weighted by Crippen LogP contribution is 2.39. The average Bonchev–Trinajstić information content (AvgIpc) is 3.37. The van der Waals surface area contributed by atoms with E-state index in [1.54, 1.807) is 55.8 Å². The summed E-state index contributed by atoms with van der Waals surface area (Å²) >= 11 is 0. The van der Waals surface area contributed by atoms with E-state index in [-0.39, 0.29) is 17.8 Å². The number of pyridine rings is 1. The molecule has 1 atom stereocenters. The lowest BCUT2D eigenvalue weighted by molar-refractivity contribution is -0.137. The first-order valence-corrected chi connectivity index (χ1v) is 11.5. The van der Waals surface area contributed by atoms with Gasteiger partial charge in [-0.25, -0.2) is 9.67 Å². The van der Waals surface area contributed by atoms with Gasteiger partial charge in [0, 0.05) is 29.9 Å². The van der Waals surface area contributed by atoms with Gasteiger partial charge >= 0.3 is 0 Å². The van der Waals surface area contributed by atoms with E-state index in [0.717, 1.165) is 16.7 Å². The molecule has 0 fully saturated rings. The Hall–Kier alpha value is -4.99. The van der Waals surface area contributed by atoms with Crippen molar-refractivity contribution in [3.05, 3.63) is 89.7 Å². The standard InChI is InChI=1S/C27H23N5O5/c1-36-18-9-10-22-20(13-18)23-17(15-37-22)14-32(31-23)26-19(8-5-11-29-26)27(35)30-21(24(33)25(28)34)12-16-6-3-2-4-7-16/h2-11,13-14,21H,12,15H2,1H3,(H2,28,34)(H,30,35). The van der Waals surface area contributed by atoms with Crippen molar-refractivity contribution in [3.63, 3.8) is 0 Å². The number of benzene rings is 2. The molecule has 37 heavy (non-hydrogen) atoms. The van der Waals surface area contributed by atoms with Crippen LogP contribution in [-0.4, -0.2) is 45.5 Å². The summed E-state index contributed by atoms with van der Waals surface area (Å²) in [4.78, 5) is 41.9. The van der Waals surface area contributed by atoms with Crippen molar-refractivity contribution < 1.29 is 23.9 Å². The summed E-state index contributed by atoms with van der Waals surface area (Å²) in [5.74, 6) is -1.02. The summed E-state index contributed by atoms with van der Waals surface area (Å²) in [6, 6.07) is 16.5. The molecule has 1 unspecified atom stereocenters. The molecule has 3 heterocycles. The summed E-state index contributed by atoms with van der Waals surface area (Å²) < 4.78 is 12.7. The highest BCUT2D eigenvalue weighted by atomic mass is 16.5. The van der Waals surface area contributed by atoms with Gasteiger partial charge in [0.1, 0.15) is 29.8 Å². The summed E-state index contributed by atoms with van der Waals surface area (Å²) in [5.41, 5.74) is 8.44. The third kappa shape index (κ3) is 4.76. The van der Waals surface area contributed by atoms with Crippen LogP contribution in [0.1, 0.15) is 21.5 Å². The normalized spacial score (nSPS) is 12.5. The fraction of sp³-hybridized carbons (Fsp3) is 0.148. The maximum absolute atomic E-state index is 13.4. The number of carbonyl (C=O) groups excluding carboxylic acids is 3. The van der Waals surface area contributed by atoms with Gasteiger partial charge in [0.15, 0.2) is 5.82 Å². The van der Waals surface area contributed by atoms with Crippen LogP contribution in [0.3, 0.4) is 0 Å². The van der Waals surface area contributed by atoms with Gasteiger partial charge < -0.3 is 20.5 Å². The summed E-state index contributed by atoms with van der Waals surface area (Å²) in [6.45, 7) is 0.301. The first-order valence-electron chi connectivity index (χ1n) is 11.5. The Morgan fingerprint density at radius 1 is 1.14 bits per heavy atom. The molecule has 0 aliphatic carbocycles. The third-order valence-electron chi connectivity index (χ3n) is 6.01. The minimum Gasteiger partial charge on any atom is -0.497 e. The Kier molecular flexibility index (Phi) is 6.38. The molecule has 0 radical (unpaired) electrons. The summed E-state index contributed by atoms with van der Waals surface area (Å²) in [6.07, 6.45) is 3.39. The maximum atomic E-state index is 13.4. The molecule has 10 heteroatoms. The molecular weight excluding hydrogens is 474 g/mol. The Morgan fingerprint density at radius 2 is 1.95 bits per heavy atom. The van der Waals surface area contributed by atoms with E-state index in [1.807, 2.05) is 18.2 Å². The van der Waals surface area contributed by atoms with Crippen molar-refractivity contribution in [2.45, 2.75) is 19.1 Å². The number of ketones is 1. The second kappa shape index (κ2) is 9.94. The van der Waals surface area contributed by atoms with E-state index in [2.05, 4.69) is 15.4 Å². The van der Waals surface area contributed by atoms with Gasteiger partial charge in [0.25, 0.3) is 11.8 Å². The van der Waals surface area contributed by atoms with Gasteiger partial charge in [-0.15, -0.1) is 0 Å². The number of Topliss-reactive ketones (excluding diaryl/α,β-unsaturated/α-hetero) is 1. The lowest BCUT2D eigenvalue weighted by Gasteiger charge is -2.17. The highest BCUT2D eigenvalue weighted by Gasteiger charge is 2.28. The zero-order chi connectivity index (χ0) is 25.9. The second-order valence-electron chi connectivity index (χ2n) is 8.42. The van der Waals surface area contributed by atoms with Crippen LogP contribution < -0.4 is 20.5 Å². The number of hydrogen-bond donors (Lipinski definition) is 2. The number of nitrogens with zero attached hydrogens (tertiary/aromatic N) is 3. The number of amides is 2. The maximum Gasteiger partial charge on any atom is 0.287 e. The zero-order valence-electron chi connectivity index (χ0n) is 19.9. The predicted molar refractivity (Wildman–Crippen MR) is 133 cm³/mol. The van der Waals surface area contributed by atoms with Crippen LogP contribution in [0.25, 0.3) is 17.1 Å². The number of primary amides is 1. The fourth-order valence-electron chi connectivity index (χ4n) is 4.18. The molecule has 0 bridgehead atoms. The first-order chi connectivity index (χ1) is 17.9. The van der Waals surface area contributed by atoms with Crippen LogP contribution in [0, 0.1) is 0 Å².